The van der Waals surface area contributed by atoms with Crippen LogP contribution in [0.4, 0.5) is 0 Å². The second-order valence-corrected chi connectivity index (χ2v) is 6.74. The van der Waals surface area contributed by atoms with Gasteiger partial charge < -0.3 is 10.1 Å². The lowest BCUT2D eigenvalue weighted by atomic mass is 10.0. The van der Waals surface area contributed by atoms with Gasteiger partial charge in [0.15, 0.2) is 0 Å². The lowest BCUT2D eigenvalue weighted by Gasteiger charge is -2.17. The molecular weight excluding hydrogens is 330 g/mol. The molecule has 0 bridgehead atoms. The zero-order valence-corrected chi connectivity index (χ0v) is 15.5. The first-order chi connectivity index (χ1) is 12.2. The van der Waals surface area contributed by atoms with Crippen LogP contribution in [0.2, 0.25) is 5.02 Å². The summed E-state index contributed by atoms with van der Waals surface area (Å²) in [6.07, 6.45) is 1.10. The Morgan fingerprint density at radius 2 is 1.76 bits per heavy atom. The van der Waals surface area contributed by atoms with Crippen LogP contribution in [0, 0.1) is 0 Å². The molecule has 0 amide bonds. The van der Waals surface area contributed by atoms with E-state index in [1.54, 1.807) is 0 Å². The normalized spacial score (nSPS) is 12.3. The first kappa shape index (κ1) is 17.8. The zero-order chi connectivity index (χ0) is 17.6. The summed E-state index contributed by atoms with van der Waals surface area (Å²) in [5.41, 5.74) is 2.20. The molecule has 0 fully saturated rings. The molecule has 130 valence electrons. The molecule has 25 heavy (non-hydrogen) atoms. The van der Waals surface area contributed by atoms with E-state index in [2.05, 4.69) is 55.6 Å². The third-order valence-electron chi connectivity index (χ3n) is 4.58. The van der Waals surface area contributed by atoms with Crippen LogP contribution in [0.5, 0.6) is 5.75 Å². The average molecular weight is 354 g/mol. The average Bonchev–Trinajstić information content (AvgIpc) is 2.65. The molecule has 0 saturated carbocycles. The summed E-state index contributed by atoms with van der Waals surface area (Å²) in [7, 11) is 0. The summed E-state index contributed by atoms with van der Waals surface area (Å²) >= 11 is 6.25. The largest absolute Gasteiger partial charge is 0.488 e. The van der Waals surface area contributed by atoms with E-state index in [1.165, 1.54) is 16.3 Å². The molecule has 3 heteroatoms. The molecule has 0 radical (unpaired) electrons. The highest BCUT2D eigenvalue weighted by Gasteiger charge is 2.11. The minimum Gasteiger partial charge on any atom is -0.488 e. The Labute approximate surface area is 154 Å². The summed E-state index contributed by atoms with van der Waals surface area (Å²) in [6.45, 7) is 5.65. The van der Waals surface area contributed by atoms with Gasteiger partial charge in [-0.1, -0.05) is 67.1 Å². The number of benzene rings is 3. The molecule has 1 atom stereocenters. The molecule has 0 saturated heterocycles. The van der Waals surface area contributed by atoms with E-state index in [4.69, 9.17) is 16.3 Å². The zero-order valence-electron chi connectivity index (χ0n) is 14.8. The molecule has 0 heterocycles. The highest BCUT2D eigenvalue weighted by Crippen LogP contribution is 2.29. The van der Waals surface area contributed by atoms with Crippen molar-refractivity contribution in [2.75, 3.05) is 0 Å². The van der Waals surface area contributed by atoms with Crippen molar-refractivity contribution >= 4 is 22.4 Å². The molecule has 0 aliphatic heterocycles. The van der Waals surface area contributed by atoms with Crippen molar-refractivity contribution in [1.29, 1.82) is 0 Å². The summed E-state index contributed by atoms with van der Waals surface area (Å²) in [5.74, 6) is 0.912. The Balaban J connectivity index is 1.89. The number of ether oxygens (including phenoxy) is 1. The van der Waals surface area contributed by atoms with Gasteiger partial charge in [-0.2, -0.15) is 0 Å². The van der Waals surface area contributed by atoms with Gasteiger partial charge in [0.1, 0.15) is 12.4 Å². The predicted octanol–water partition coefficient (Wildman–Crippen LogP) is 5.96. The van der Waals surface area contributed by atoms with Gasteiger partial charge in [-0.05, 0) is 36.2 Å². The van der Waals surface area contributed by atoms with Crippen LogP contribution in [0.15, 0.2) is 60.7 Å². The Morgan fingerprint density at radius 1 is 1.00 bits per heavy atom. The van der Waals surface area contributed by atoms with Gasteiger partial charge in [0.25, 0.3) is 0 Å². The second kappa shape index (κ2) is 8.37. The van der Waals surface area contributed by atoms with E-state index < -0.39 is 0 Å². The van der Waals surface area contributed by atoms with Crippen LogP contribution in [0.25, 0.3) is 10.8 Å². The maximum atomic E-state index is 6.25. The van der Waals surface area contributed by atoms with E-state index in [0.717, 1.165) is 29.3 Å². The van der Waals surface area contributed by atoms with Crippen molar-refractivity contribution in [2.45, 2.75) is 39.5 Å². The molecule has 3 aromatic carbocycles. The summed E-state index contributed by atoms with van der Waals surface area (Å²) < 4.78 is 6.15. The Morgan fingerprint density at radius 3 is 2.56 bits per heavy atom. The van der Waals surface area contributed by atoms with E-state index in [-0.39, 0.29) is 0 Å². The Kier molecular flexibility index (Phi) is 5.95. The molecule has 0 aliphatic carbocycles. The van der Waals surface area contributed by atoms with Gasteiger partial charge in [0.2, 0.25) is 0 Å². The lowest BCUT2D eigenvalue weighted by Crippen LogP contribution is -2.24. The van der Waals surface area contributed by atoms with Crippen LogP contribution >= 0.6 is 11.6 Å². The minimum atomic E-state index is 0.467. The van der Waals surface area contributed by atoms with Gasteiger partial charge in [-0.15, -0.1) is 0 Å². The first-order valence-electron chi connectivity index (χ1n) is 8.79. The monoisotopic (exact) mass is 353 g/mol. The summed E-state index contributed by atoms with van der Waals surface area (Å²) in [5, 5.41) is 6.78. The lowest BCUT2D eigenvalue weighted by molar-refractivity contribution is 0.302. The topological polar surface area (TPSA) is 21.3 Å². The van der Waals surface area contributed by atoms with Crippen molar-refractivity contribution in [1.82, 2.24) is 5.32 Å². The number of rotatable bonds is 7. The predicted molar refractivity (Wildman–Crippen MR) is 106 cm³/mol. The molecular formula is C22H24ClNO. The minimum absolute atomic E-state index is 0.467. The molecule has 0 aliphatic rings. The molecule has 1 N–H and O–H groups in total. The Hall–Kier alpha value is -2.03. The fraction of sp³-hybridized carbons (Fsp3) is 0.273. The number of fused-ring (bicyclic) bond motifs is 1. The number of hydrogen-bond acceptors (Lipinski definition) is 2. The van der Waals surface area contributed by atoms with Crippen molar-refractivity contribution in [2.24, 2.45) is 0 Å². The maximum Gasteiger partial charge on any atom is 0.124 e. The molecule has 0 aromatic heterocycles. The maximum absolute atomic E-state index is 6.25. The molecule has 0 spiro atoms. The van der Waals surface area contributed by atoms with Crippen molar-refractivity contribution < 1.29 is 4.74 Å². The van der Waals surface area contributed by atoms with E-state index in [0.29, 0.717) is 12.6 Å². The molecule has 3 aromatic rings. The van der Waals surface area contributed by atoms with Crippen molar-refractivity contribution in [3.63, 3.8) is 0 Å². The second-order valence-electron chi connectivity index (χ2n) is 6.33. The fourth-order valence-corrected chi connectivity index (χ4v) is 3.02. The third-order valence-corrected chi connectivity index (χ3v) is 4.95. The smallest absolute Gasteiger partial charge is 0.124 e. The molecule has 3 rings (SSSR count). The number of nitrogens with one attached hydrogen (secondary N) is 1. The number of halogens is 1. The van der Waals surface area contributed by atoms with Gasteiger partial charge in [-0.25, -0.2) is 0 Å². The number of hydrogen-bond donors (Lipinski definition) is 1. The van der Waals surface area contributed by atoms with Crippen molar-refractivity contribution in [3.05, 3.63) is 76.8 Å². The van der Waals surface area contributed by atoms with Crippen LogP contribution in [0.3, 0.4) is 0 Å². The highest BCUT2D eigenvalue weighted by atomic mass is 35.5. The van der Waals surface area contributed by atoms with E-state index in [1.807, 2.05) is 24.3 Å². The van der Waals surface area contributed by atoms with Crippen LogP contribution in [0.1, 0.15) is 31.4 Å². The first-order valence-corrected chi connectivity index (χ1v) is 9.17. The van der Waals surface area contributed by atoms with Crippen LogP contribution in [-0.2, 0) is 13.2 Å². The quantitative estimate of drug-likeness (QED) is 0.565. The SMILES string of the molecule is CCC(C)NCc1c(OCc2ccccc2Cl)ccc2ccccc12. The van der Waals surface area contributed by atoms with E-state index >= 15 is 0 Å². The van der Waals surface area contributed by atoms with E-state index in [9.17, 15) is 0 Å². The van der Waals surface area contributed by atoms with Gasteiger partial charge in [0, 0.05) is 28.7 Å². The van der Waals surface area contributed by atoms with Gasteiger partial charge >= 0.3 is 0 Å². The van der Waals surface area contributed by atoms with Crippen molar-refractivity contribution in [3.8, 4) is 5.75 Å². The van der Waals surface area contributed by atoms with Gasteiger partial charge in [-0.3, -0.25) is 0 Å². The van der Waals surface area contributed by atoms with Gasteiger partial charge in [0.05, 0.1) is 0 Å². The van der Waals surface area contributed by atoms with Crippen LogP contribution < -0.4 is 10.1 Å². The molecule has 1 unspecified atom stereocenters. The summed E-state index contributed by atoms with van der Waals surface area (Å²) in [6, 6.07) is 20.9. The van der Waals surface area contributed by atoms with Crippen LogP contribution in [-0.4, -0.2) is 6.04 Å². The Bertz CT molecular complexity index is 846. The fourth-order valence-electron chi connectivity index (χ4n) is 2.83. The summed E-state index contributed by atoms with van der Waals surface area (Å²) in [4.78, 5) is 0. The molecule has 2 nitrogen and oxygen atoms in total. The third kappa shape index (κ3) is 4.33. The highest BCUT2D eigenvalue weighted by molar-refractivity contribution is 6.31. The standard InChI is InChI=1S/C22H24ClNO/c1-3-16(2)24-14-20-19-10-6-4-8-17(19)12-13-22(20)25-15-18-9-5-7-11-21(18)23/h4-13,16,24H,3,14-15H2,1-2H3.